The summed E-state index contributed by atoms with van der Waals surface area (Å²) in [6, 6.07) is 4.66. The van der Waals surface area contributed by atoms with Crippen LogP contribution in [0.25, 0.3) is 11.4 Å². The van der Waals surface area contributed by atoms with Gasteiger partial charge < -0.3 is 4.57 Å². The first kappa shape index (κ1) is 8.59. The Bertz CT molecular complexity index is 468. The summed E-state index contributed by atoms with van der Waals surface area (Å²) < 4.78 is 2.15. The number of rotatable bonds is 2. The van der Waals surface area contributed by atoms with Gasteiger partial charge >= 0.3 is 0 Å². The fourth-order valence-corrected chi connectivity index (χ4v) is 1.67. The van der Waals surface area contributed by atoms with Crippen molar-refractivity contribution in [3.8, 4) is 11.4 Å². The molecule has 0 spiro atoms. The third-order valence-corrected chi connectivity index (χ3v) is 2.68. The van der Waals surface area contributed by atoms with Crippen LogP contribution in [0.5, 0.6) is 0 Å². The normalized spacial score (nSPS) is 15.5. The Morgan fingerprint density at radius 1 is 1.33 bits per heavy atom. The molecular weight excluding hydrogens is 188 g/mol. The number of aryl methyl sites for hydroxylation is 1. The van der Waals surface area contributed by atoms with Gasteiger partial charge in [0, 0.05) is 23.5 Å². The third kappa shape index (κ3) is 1.52. The average molecular weight is 200 g/mol. The molecule has 0 aromatic carbocycles. The van der Waals surface area contributed by atoms with Crippen LogP contribution in [0.4, 0.5) is 0 Å². The summed E-state index contributed by atoms with van der Waals surface area (Å²) in [6.07, 6.45) is 6.15. The maximum absolute atomic E-state index is 4.27. The zero-order chi connectivity index (χ0) is 10.3. The second-order valence-electron chi connectivity index (χ2n) is 3.98. The molecule has 0 saturated heterocycles. The van der Waals surface area contributed by atoms with Crippen LogP contribution < -0.4 is 0 Å². The van der Waals surface area contributed by atoms with E-state index in [2.05, 4.69) is 19.7 Å². The minimum absolute atomic E-state index is 0.608. The van der Waals surface area contributed by atoms with Crippen molar-refractivity contribution in [2.45, 2.75) is 25.8 Å². The molecule has 0 amide bonds. The molecule has 0 N–H and O–H groups in total. The van der Waals surface area contributed by atoms with E-state index < -0.39 is 0 Å². The summed E-state index contributed by atoms with van der Waals surface area (Å²) in [5, 5.41) is 8.12. The summed E-state index contributed by atoms with van der Waals surface area (Å²) in [5.41, 5.74) is 2.07. The van der Waals surface area contributed by atoms with Crippen molar-refractivity contribution >= 4 is 0 Å². The van der Waals surface area contributed by atoms with E-state index in [-0.39, 0.29) is 0 Å². The molecule has 0 unspecified atom stereocenters. The van der Waals surface area contributed by atoms with Gasteiger partial charge in [0.15, 0.2) is 5.82 Å². The van der Waals surface area contributed by atoms with Crippen molar-refractivity contribution in [3.63, 3.8) is 0 Å². The van der Waals surface area contributed by atoms with Crippen LogP contribution in [0.1, 0.15) is 24.6 Å². The quantitative estimate of drug-likeness (QED) is 0.744. The first-order valence-corrected chi connectivity index (χ1v) is 5.17. The van der Waals surface area contributed by atoms with Crippen molar-refractivity contribution in [3.05, 3.63) is 30.4 Å². The van der Waals surface area contributed by atoms with Crippen molar-refractivity contribution in [1.82, 2.24) is 19.7 Å². The SMILES string of the molecule is Cc1ccc(-c2nncn2C2CC2)cn1. The number of nitrogens with zero attached hydrogens (tertiary/aromatic N) is 4. The number of hydrogen-bond donors (Lipinski definition) is 0. The van der Waals surface area contributed by atoms with Gasteiger partial charge in [-0.2, -0.15) is 0 Å². The molecule has 0 atom stereocenters. The Kier molecular flexibility index (Phi) is 1.80. The number of aromatic nitrogens is 4. The molecule has 0 aliphatic heterocycles. The van der Waals surface area contributed by atoms with E-state index in [1.54, 1.807) is 0 Å². The van der Waals surface area contributed by atoms with Crippen LogP contribution in [0.2, 0.25) is 0 Å². The lowest BCUT2D eigenvalue weighted by Crippen LogP contribution is -1.96. The zero-order valence-corrected chi connectivity index (χ0v) is 8.59. The Hall–Kier alpha value is -1.71. The molecule has 3 rings (SSSR count). The van der Waals surface area contributed by atoms with Gasteiger partial charge in [0.05, 0.1) is 0 Å². The van der Waals surface area contributed by atoms with Gasteiger partial charge in [-0.25, -0.2) is 0 Å². The first-order chi connectivity index (χ1) is 7.34. The second kappa shape index (κ2) is 3.15. The van der Waals surface area contributed by atoms with Crippen LogP contribution in [0.15, 0.2) is 24.7 Å². The van der Waals surface area contributed by atoms with E-state index >= 15 is 0 Å². The van der Waals surface area contributed by atoms with Gasteiger partial charge in [-0.1, -0.05) is 0 Å². The molecule has 76 valence electrons. The third-order valence-electron chi connectivity index (χ3n) is 2.68. The summed E-state index contributed by atoms with van der Waals surface area (Å²) in [5.74, 6) is 0.935. The van der Waals surface area contributed by atoms with E-state index in [4.69, 9.17) is 0 Å². The van der Waals surface area contributed by atoms with Crippen LogP contribution in [-0.4, -0.2) is 19.7 Å². The Balaban J connectivity index is 2.04. The molecule has 1 fully saturated rings. The Morgan fingerprint density at radius 2 is 2.20 bits per heavy atom. The van der Waals surface area contributed by atoms with Crippen molar-refractivity contribution in [1.29, 1.82) is 0 Å². The molecule has 4 heteroatoms. The van der Waals surface area contributed by atoms with E-state index in [0.29, 0.717) is 6.04 Å². The van der Waals surface area contributed by atoms with Gasteiger partial charge in [0.1, 0.15) is 6.33 Å². The Morgan fingerprint density at radius 3 is 2.87 bits per heavy atom. The maximum Gasteiger partial charge on any atom is 0.165 e. The highest BCUT2D eigenvalue weighted by Gasteiger charge is 2.26. The molecule has 1 aliphatic rings. The van der Waals surface area contributed by atoms with Crippen molar-refractivity contribution in [2.24, 2.45) is 0 Å². The highest BCUT2D eigenvalue weighted by molar-refractivity contribution is 5.53. The highest BCUT2D eigenvalue weighted by atomic mass is 15.3. The van der Waals surface area contributed by atoms with E-state index in [1.165, 1.54) is 12.8 Å². The largest absolute Gasteiger partial charge is 0.310 e. The zero-order valence-electron chi connectivity index (χ0n) is 8.59. The van der Waals surface area contributed by atoms with Crippen molar-refractivity contribution in [2.75, 3.05) is 0 Å². The molecule has 1 aliphatic carbocycles. The summed E-state index contributed by atoms with van der Waals surface area (Å²) in [7, 11) is 0. The van der Waals surface area contributed by atoms with Gasteiger partial charge in [0.2, 0.25) is 0 Å². The standard InChI is InChI=1S/C11H12N4/c1-8-2-3-9(6-12-8)11-14-13-7-15(11)10-4-5-10/h2-3,6-7,10H,4-5H2,1H3. The monoisotopic (exact) mass is 200 g/mol. The van der Waals surface area contributed by atoms with Gasteiger partial charge in [-0.3, -0.25) is 4.98 Å². The Labute approximate surface area is 88.0 Å². The lowest BCUT2D eigenvalue weighted by atomic mass is 10.2. The summed E-state index contributed by atoms with van der Waals surface area (Å²) >= 11 is 0. The average Bonchev–Trinajstić information content (AvgIpc) is 2.98. The van der Waals surface area contributed by atoms with Crippen LogP contribution >= 0.6 is 0 Å². The van der Waals surface area contributed by atoms with Crippen LogP contribution in [0, 0.1) is 6.92 Å². The molecule has 0 bridgehead atoms. The van der Waals surface area contributed by atoms with Crippen molar-refractivity contribution < 1.29 is 0 Å². The summed E-state index contributed by atoms with van der Waals surface area (Å²) in [4.78, 5) is 4.27. The fourth-order valence-electron chi connectivity index (χ4n) is 1.67. The minimum Gasteiger partial charge on any atom is -0.310 e. The predicted octanol–water partition coefficient (Wildman–Crippen LogP) is 1.98. The highest BCUT2D eigenvalue weighted by Crippen LogP contribution is 2.37. The lowest BCUT2D eigenvalue weighted by molar-refractivity contribution is 0.745. The predicted molar refractivity (Wildman–Crippen MR) is 56.3 cm³/mol. The van der Waals surface area contributed by atoms with Gasteiger partial charge in [-0.05, 0) is 31.9 Å². The first-order valence-electron chi connectivity index (χ1n) is 5.17. The number of hydrogen-bond acceptors (Lipinski definition) is 3. The molecule has 15 heavy (non-hydrogen) atoms. The fraction of sp³-hybridized carbons (Fsp3) is 0.364. The lowest BCUT2D eigenvalue weighted by Gasteiger charge is -2.03. The molecule has 2 heterocycles. The minimum atomic E-state index is 0.608. The molecule has 0 radical (unpaired) electrons. The van der Waals surface area contributed by atoms with Crippen LogP contribution in [0.3, 0.4) is 0 Å². The van der Waals surface area contributed by atoms with E-state index in [0.717, 1.165) is 17.1 Å². The molecule has 1 saturated carbocycles. The molecular formula is C11H12N4. The molecule has 4 nitrogen and oxygen atoms in total. The molecule has 2 aromatic heterocycles. The van der Waals surface area contributed by atoms with E-state index in [1.807, 2.05) is 31.6 Å². The van der Waals surface area contributed by atoms with Gasteiger partial charge in [-0.15, -0.1) is 10.2 Å². The summed E-state index contributed by atoms with van der Waals surface area (Å²) in [6.45, 7) is 1.98. The second-order valence-corrected chi connectivity index (χ2v) is 3.98. The smallest absolute Gasteiger partial charge is 0.165 e. The molecule has 2 aromatic rings. The van der Waals surface area contributed by atoms with Gasteiger partial charge in [0.25, 0.3) is 0 Å². The van der Waals surface area contributed by atoms with E-state index in [9.17, 15) is 0 Å². The maximum atomic E-state index is 4.27. The van der Waals surface area contributed by atoms with Crippen LogP contribution in [-0.2, 0) is 0 Å². The topological polar surface area (TPSA) is 43.6 Å². The number of pyridine rings is 1.